The molecule has 1 atom stereocenters. The van der Waals surface area contributed by atoms with E-state index >= 15 is 0 Å². The van der Waals surface area contributed by atoms with Gasteiger partial charge in [0.15, 0.2) is 5.82 Å². The molecular formula is C13H19N5. The van der Waals surface area contributed by atoms with Gasteiger partial charge in [0.2, 0.25) is 0 Å². The largest absolute Gasteiger partial charge is 0.336 e. The molecule has 0 aliphatic heterocycles. The minimum absolute atomic E-state index is 0.0504. The van der Waals surface area contributed by atoms with Crippen molar-refractivity contribution in [3.05, 3.63) is 42.0 Å². The molecule has 0 amide bonds. The number of imidazole rings is 1. The zero-order valence-corrected chi connectivity index (χ0v) is 11.1. The molecule has 96 valence electrons. The Balaban J connectivity index is 2.30. The summed E-state index contributed by atoms with van der Waals surface area (Å²) in [7, 11) is 1.98. The van der Waals surface area contributed by atoms with Crippen molar-refractivity contribution in [1.82, 2.24) is 24.8 Å². The lowest BCUT2D eigenvalue weighted by Crippen LogP contribution is -2.27. The Morgan fingerprint density at radius 2 is 2.00 bits per heavy atom. The Labute approximate surface area is 107 Å². The molecule has 0 aliphatic rings. The summed E-state index contributed by atoms with van der Waals surface area (Å²) < 4.78 is 2.00. The second kappa shape index (κ2) is 5.73. The molecule has 0 saturated heterocycles. The van der Waals surface area contributed by atoms with Gasteiger partial charge < -0.3 is 9.88 Å². The number of nitrogens with one attached hydrogen (secondary N) is 1. The molecule has 2 rings (SSSR count). The molecule has 5 nitrogen and oxygen atoms in total. The van der Waals surface area contributed by atoms with Crippen LogP contribution in [0.1, 0.15) is 36.6 Å². The number of aryl methyl sites for hydroxylation is 2. The third-order valence-electron chi connectivity index (χ3n) is 2.77. The van der Waals surface area contributed by atoms with Crippen LogP contribution >= 0.6 is 0 Å². The predicted octanol–water partition coefficient (Wildman–Crippen LogP) is 1.61. The van der Waals surface area contributed by atoms with E-state index in [0.717, 1.165) is 30.2 Å². The molecule has 1 unspecified atom stereocenters. The van der Waals surface area contributed by atoms with E-state index in [1.54, 1.807) is 6.20 Å². The summed E-state index contributed by atoms with van der Waals surface area (Å²) in [6.07, 6.45) is 8.47. The smallest absolute Gasteiger partial charge is 0.152 e. The Morgan fingerprint density at radius 3 is 2.56 bits per heavy atom. The maximum atomic E-state index is 4.40. The van der Waals surface area contributed by atoms with Gasteiger partial charge in [-0.25, -0.2) is 15.0 Å². The van der Waals surface area contributed by atoms with Gasteiger partial charge in [0, 0.05) is 31.8 Å². The molecule has 0 fully saturated rings. The van der Waals surface area contributed by atoms with Crippen LogP contribution < -0.4 is 5.32 Å². The van der Waals surface area contributed by atoms with Crippen molar-refractivity contribution in [3.8, 4) is 0 Å². The standard InChI is InChI=1S/C13H19N5/c1-4-5-14-11(13-15-6-7-18(13)3)12-16-8-10(2)9-17-12/h6-9,11,14H,4-5H2,1-3H3. The third-order valence-corrected chi connectivity index (χ3v) is 2.77. The van der Waals surface area contributed by atoms with Gasteiger partial charge in [0.1, 0.15) is 11.9 Å². The molecular weight excluding hydrogens is 226 g/mol. The van der Waals surface area contributed by atoms with E-state index in [1.165, 1.54) is 0 Å². The molecule has 0 aliphatic carbocycles. The minimum atomic E-state index is -0.0504. The lowest BCUT2D eigenvalue weighted by Gasteiger charge is -2.16. The predicted molar refractivity (Wildman–Crippen MR) is 70.1 cm³/mol. The number of aromatic nitrogens is 4. The van der Waals surface area contributed by atoms with Crippen LogP contribution in [0.3, 0.4) is 0 Å². The summed E-state index contributed by atoms with van der Waals surface area (Å²) in [6, 6.07) is -0.0504. The van der Waals surface area contributed by atoms with E-state index in [9.17, 15) is 0 Å². The number of rotatable bonds is 5. The van der Waals surface area contributed by atoms with Crippen molar-refractivity contribution in [2.45, 2.75) is 26.3 Å². The molecule has 0 aromatic carbocycles. The number of hydrogen-bond acceptors (Lipinski definition) is 4. The second-order valence-corrected chi connectivity index (χ2v) is 4.40. The van der Waals surface area contributed by atoms with Gasteiger partial charge in [-0.2, -0.15) is 0 Å². The fourth-order valence-electron chi connectivity index (χ4n) is 1.79. The first-order valence-electron chi connectivity index (χ1n) is 6.21. The SMILES string of the molecule is CCCNC(c1ncc(C)cn1)c1nccn1C. The Morgan fingerprint density at radius 1 is 1.28 bits per heavy atom. The van der Waals surface area contributed by atoms with Crippen molar-refractivity contribution < 1.29 is 0 Å². The van der Waals surface area contributed by atoms with E-state index in [2.05, 4.69) is 27.2 Å². The maximum absolute atomic E-state index is 4.40. The van der Waals surface area contributed by atoms with Gasteiger partial charge in [0.25, 0.3) is 0 Å². The van der Waals surface area contributed by atoms with Gasteiger partial charge in [-0.1, -0.05) is 6.92 Å². The molecule has 0 spiro atoms. The quantitative estimate of drug-likeness (QED) is 0.869. The highest BCUT2D eigenvalue weighted by Crippen LogP contribution is 2.16. The maximum Gasteiger partial charge on any atom is 0.152 e. The molecule has 0 radical (unpaired) electrons. The fourth-order valence-corrected chi connectivity index (χ4v) is 1.79. The van der Waals surface area contributed by atoms with E-state index in [-0.39, 0.29) is 6.04 Å². The van der Waals surface area contributed by atoms with Gasteiger partial charge >= 0.3 is 0 Å². The van der Waals surface area contributed by atoms with Crippen molar-refractivity contribution >= 4 is 0 Å². The Bertz CT molecular complexity index is 488. The average Bonchev–Trinajstić information content (AvgIpc) is 2.78. The van der Waals surface area contributed by atoms with E-state index in [4.69, 9.17) is 0 Å². The van der Waals surface area contributed by atoms with Gasteiger partial charge in [-0.15, -0.1) is 0 Å². The highest BCUT2D eigenvalue weighted by Gasteiger charge is 2.19. The minimum Gasteiger partial charge on any atom is -0.336 e. The van der Waals surface area contributed by atoms with Crippen molar-refractivity contribution in [2.75, 3.05) is 6.54 Å². The van der Waals surface area contributed by atoms with Crippen LogP contribution in [0.4, 0.5) is 0 Å². The molecule has 5 heteroatoms. The zero-order valence-electron chi connectivity index (χ0n) is 11.1. The first kappa shape index (κ1) is 12.7. The average molecular weight is 245 g/mol. The first-order chi connectivity index (χ1) is 8.72. The van der Waals surface area contributed by atoms with E-state index in [1.807, 2.05) is 37.1 Å². The number of nitrogens with zero attached hydrogens (tertiary/aromatic N) is 4. The van der Waals surface area contributed by atoms with Crippen molar-refractivity contribution in [1.29, 1.82) is 0 Å². The summed E-state index contributed by atoms with van der Waals surface area (Å²) >= 11 is 0. The normalized spacial score (nSPS) is 12.6. The lowest BCUT2D eigenvalue weighted by atomic mass is 10.2. The van der Waals surface area contributed by atoms with Gasteiger partial charge in [0.05, 0.1) is 0 Å². The third kappa shape index (κ3) is 2.73. The molecule has 2 aromatic heterocycles. The molecule has 1 N–H and O–H groups in total. The Hall–Kier alpha value is -1.75. The molecule has 0 saturated carbocycles. The topological polar surface area (TPSA) is 55.6 Å². The highest BCUT2D eigenvalue weighted by molar-refractivity contribution is 5.13. The second-order valence-electron chi connectivity index (χ2n) is 4.40. The van der Waals surface area contributed by atoms with Crippen LogP contribution in [0, 0.1) is 6.92 Å². The first-order valence-corrected chi connectivity index (χ1v) is 6.21. The van der Waals surface area contributed by atoms with E-state index in [0.29, 0.717) is 0 Å². The van der Waals surface area contributed by atoms with Crippen LogP contribution in [0.5, 0.6) is 0 Å². The van der Waals surface area contributed by atoms with Crippen LogP contribution in [0.2, 0.25) is 0 Å². The highest BCUT2D eigenvalue weighted by atomic mass is 15.1. The fraction of sp³-hybridized carbons (Fsp3) is 0.462. The zero-order chi connectivity index (χ0) is 13.0. The summed E-state index contributed by atoms with van der Waals surface area (Å²) in [5.74, 6) is 1.70. The van der Waals surface area contributed by atoms with Crippen LogP contribution in [0.25, 0.3) is 0 Å². The van der Waals surface area contributed by atoms with Crippen molar-refractivity contribution in [3.63, 3.8) is 0 Å². The van der Waals surface area contributed by atoms with Gasteiger partial charge in [-0.05, 0) is 25.5 Å². The van der Waals surface area contributed by atoms with Gasteiger partial charge in [-0.3, -0.25) is 0 Å². The summed E-state index contributed by atoms with van der Waals surface area (Å²) in [4.78, 5) is 13.2. The monoisotopic (exact) mass is 245 g/mol. The molecule has 2 heterocycles. The summed E-state index contributed by atoms with van der Waals surface area (Å²) in [5.41, 5.74) is 1.06. The van der Waals surface area contributed by atoms with Crippen molar-refractivity contribution in [2.24, 2.45) is 7.05 Å². The molecule has 2 aromatic rings. The number of hydrogen-bond donors (Lipinski definition) is 1. The van der Waals surface area contributed by atoms with Crippen LogP contribution in [-0.4, -0.2) is 26.1 Å². The molecule has 0 bridgehead atoms. The van der Waals surface area contributed by atoms with Crippen LogP contribution in [0.15, 0.2) is 24.8 Å². The van der Waals surface area contributed by atoms with E-state index < -0.39 is 0 Å². The Kier molecular flexibility index (Phi) is 4.04. The summed E-state index contributed by atoms with van der Waals surface area (Å²) in [5, 5.41) is 3.44. The molecule has 18 heavy (non-hydrogen) atoms. The summed E-state index contributed by atoms with van der Waals surface area (Å²) in [6.45, 7) is 5.03. The lowest BCUT2D eigenvalue weighted by molar-refractivity contribution is 0.532. The van der Waals surface area contributed by atoms with Crippen LogP contribution in [-0.2, 0) is 7.05 Å².